The highest BCUT2D eigenvalue weighted by Crippen LogP contribution is 2.29. The summed E-state index contributed by atoms with van der Waals surface area (Å²) in [4.78, 5) is 29.1. The second-order valence-corrected chi connectivity index (χ2v) is 8.33. The van der Waals surface area contributed by atoms with Gasteiger partial charge in [0.15, 0.2) is 0 Å². The number of carbonyl (C=O) groups excluding carboxylic acids is 2. The Bertz CT molecular complexity index is 656. The number of likely N-dealkylation sites (N-methyl/N-ethyl adjacent to an activating group) is 1. The van der Waals surface area contributed by atoms with Gasteiger partial charge in [-0.15, -0.1) is 0 Å². The summed E-state index contributed by atoms with van der Waals surface area (Å²) >= 11 is 0. The lowest BCUT2D eigenvalue weighted by molar-refractivity contribution is -0.134. The minimum atomic E-state index is -0.165. The maximum atomic E-state index is 12.5. The van der Waals surface area contributed by atoms with Crippen molar-refractivity contribution in [3.05, 3.63) is 30.3 Å². The van der Waals surface area contributed by atoms with E-state index < -0.39 is 0 Å². The highest BCUT2D eigenvalue weighted by Gasteiger charge is 2.42. The molecular formula is C22H33N3O3. The maximum Gasteiger partial charge on any atom is 0.237 e. The molecule has 2 saturated heterocycles. The molecule has 0 unspecified atom stereocenters. The largest absolute Gasteiger partial charge is 0.489 e. The monoisotopic (exact) mass is 387 g/mol. The van der Waals surface area contributed by atoms with Gasteiger partial charge in [0.1, 0.15) is 11.9 Å². The van der Waals surface area contributed by atoms with Crippen molar-refractivity contribution in [3.8, 4) is 5.75 Å². The fourth-order valence-electron chi connectivity index (χ4n) is 4.35. The zero-order chi connectivity index (χ0) is 20.1. The first-order valence-electron chi connectivity index (χ1n) is 10.4. The molecule has 1 aromatic carbocycles. The van der Waals surface area contributed by atoms with Gasteiger partial charge in [0.25, 0.3) is 0 Å². The highest BCUT2D eigenvalue weighted by atomic mass is 16.5. The normalized spacial score (nSPS) is 23.8. The average Bonchev–Trinajstić information content (AvgIpc) is 3.11. The van der Waals surface area contributed by atoms with Crippen LogP contribution in [0, 0.1) is 5.92 Å². The number of amides is 2. The van der Waals surface area contributed by atoms with E-state index in [4.69, 9.17) is 4.74 Å². The lowest BCUT2D eigenvalue weighted by atomic mass is 10.0. The van der Waals surface area contributed by atoms with Gasteiger partial charge in [-0.25, -0.2) is 0 Å². The van der Waals surface area contributed by atoms with Crippen LogP contribution in [0.3, 0.4) is 0 Å². The van der Waals surface area contributed by atoms with E-state index in [1.807, 2.05) is 35.2 Å². The van der Waals surface area contributed by atoms with Crippen molar-refractivity contribution in [2.75, 3.05) is 26.7 Å². The van der Waals surface area contributed by atoms with Crippen LogP contribution < -0.4 is 10.1 Å². The number of nitrogens with zero attached hydrogens (tertiary/aromatic N) is 2. The summed E-state index contributed by atoms with van der Waals surface area (Å²) in [6.45, 7) is 6.46. The molecule has 0 spiro atoms. The van der Waals surface area contributed by atoms with Gasteiger partial charge in [-0.05, 0) is 30.9 Å². The zero-order valence-electron chi connectivity index (χ0n) is 17.3. The Hall–Kier alpha value is -2.08. The third-order valence-corrected chi connectivity index (χ3v) is 5.77. The van der Waals surface area contributed by atoms with E-state index in [0.717, 1.165) is 38.2 Å². The molecule has 2 aliphatic heterocycles. The van der Waals surface area contributed by atoms with Crippen LogP contribution in [0.15, 0.2) is 30.3 Å². The molecule has 2 heterocycles. The standard InChI is InChI=1S/C22H33N3O3/c1-16(2)13-21(26)24-11-9-17(10-12-24)25-15-19(14-20(25)22(27)23-3)28-18-7-5-4-6-8-18/h4-8,16-17,19-20H,9-15H2,1-3H3,(H,23,27)/t19-,20-/m0/s1. The molecule has 1 aromatic rings. The Balaban J connectivity index is 1.61. The Morgan fingerprint density at radius 2 is 1.86 bits per heavy atom. The minimum Gasteiger partial charge on any atom is -0.489 e. The molecule has 0 bridgehead atoms. The van der Waals surface area contributed by atoms with Crippen molar-refractivity contribution in [3.63, 3.8) is 0 Å². The smallest absolute Gasteiger partial charge is 0.237 e. The summed E-state index contributed by atoms with van der Waals surface area (Å²) in [6.07, 6.45) is 3.14. The SMILES string of the molecule is CNC(=O)[C@@H]1C[C@H](Oc2ccccc2)CN1C1CCN(C(=O)CC(C)C)CC1. The van der Waals surface area contributed by atoms with Crippen LogP contribution in [-0.4, -0.2) is 66.5 Å². The predicted octanol–water partition coefficient (Wildman–Crippen LogP) is 2.29. The number of para-hydroxylation sites is 1. The van der Waals surface area contributed by atoms with Crippen molar-refractivity contribution in [1.29, 1.82) is 0 Å². The molecule has 0 radical (unpaired) electrons. The number of benzene rings is 1. The van der Waals surface area contributed by atoms with Crippen LogP contribution in [0.1, 0.15) is 39.5 Å². The fourth-order valence-corrected chi connectivity index (χ4v) is 4.35. The molecule has 0 aromatic heterocycles. The molecule has 0 aliphatic carbocycles. The zero-order valence-corrected chi connectivity index (χ0v) is 17.3. The second-order valence-electron chi connectivity index (χ2n) is 8.33. The van der Waals surface area contributed by atoms with Crippen LogP contribution in [0.4, 0.5) is 0 Å². The molecule has 0 saturated carbocycles. The molecule has 2 aliphatic rings. The van der Waals surface area contributed by atoms with Crippen molar-refractivity contribution in [2.24, 2.45) is 5.92 Å². The van der Waals surface area contributed by atoms with Gasteiger partial charge in [0, 0.05) is 45.6 Å². The Morgan fingerprint density at radius 1 is 1.18 bits per heavy atom. The summed E-state index contributed by atoms with van der Waals surface area (Å²) in [5.41, 5.74) is 0. The van der Waals surface area contributed by atoms with Gasteiger partial charge in [-0.1, -0.05) is 32.0 Å². The van der Waals surface area contributed by atoms with Crippen molar-refractivity contribution in [1.82, 2.24) is 15.1 Å². The lowest BCUT2D eigenvalue weighted by Crippen LogP contribution is -2.51. The van der Waals surface area contributed by atoms with Gasteiger partial charge in [-0.2, -0.15) is 0 Å². The molecule has 6 nitrogen and oxygen atoms in total. The number of carbonyl (C=O) groups is 2. The molecule has 2 atom stereocenters. The number of hydrogen-bond acceptors (Lipinski definition) is 4. The minimum absolute atomic E-state index is 0.00491. The number of hydrogen-bond donors (Lipinski definition) is 1. The summed E-state index contributed by atoms with van der Waals surface area (Å²) < 4.78 is 6.14. The van der Waals surface area contributed by atoms with E-state index in [-0.39, 0.29) is 24.0 Å². The van der Waals surface area contributed by atoms with Crippen LogP contribution in [0.25, 0.3) is 0 Å². The number of piperidine rings is 1. The van der Waals surface area contributed by atoms with E-state index in [9.17, 15) is 9.59 Å². The van der Waals surface area contributed by atoms with Gasteiger partial charge in [0.2, 0.25) is 11.8 Å². The summed E-state index contributed by atoms with van der Waals surface area (Å²) in [5.74, 6) is 1.54. The van der Waals surface area contributed by atoms with Crippen LogP contribution >= 0.6 is 0 Å². The van der Waals surface area contributed by atoms with Crippen LogP contribution in [0.5, 0.6) is 5.75 Å². The van der Waals surface area contributed by atoms with E-state index in [1.165, 1.54) is 0 Å². The Labute approximate surface area is 168 Å². The predicted molar refractivity (Wildman–Crippen MR) is 109 cm³/mol. The fraction of sp³-hybridized carbons (Fsp3) is 0.636. The summed E-state index contributed by atoms with van der Waals surface area (Å²) in [6, 6.07) is 9.95. The number of ether oxygens (including phenoxy) is 1. The number of nitrogens with one attached hydrogen (secondary N) is 1. The summed E-state index contributed by atoms with van der Waals surface area (Å²) in [5, 5.41) is 2.81. The van der Waals surface area contributed by atoms with Gasteiger partial charge < -0.3 is 15.0 Å². The van der Waals surface area contributed by atoms with Gasteiger partial charge in [-0.3, -0.25) is 14.5 Å². The highest BCUT2D eigenvalue weighted by molar-refractivity contribution is 5.82. The Kier molecular flexibility index (Phi) is 6.94. The van der Waals surface area contributed by atoms with E-state index >= 15 is 0 Å². The molecule has 154 valence electrons. The lowest BCUT2D eigenvalue weighted by Gasteiger charge is -2.39. The molecule has 3 rings (SSSR count). The molecule has 28 heavy (non-hydrogen) atoms. The first-order chi connectivity index (χ1) is 13.5. The van der Waals surface area contributed by atoms with Gasteiger partial charge >= 0.3 is 0 Å². The number of likely N-dealkylation sites (tertiary alicyclic amines) is 2. The van der Waals surface area contributed by atoms with E-state index in [0.29, 0.717) is 24.8 Å². The maximum absolute atomic E-state index is 12.5. The molecule has 1 N–H and O–H groups in total. The quantitative estimate of drug-likeness (QED) is 0.814. The van der Waals surface area contributed by atoms with Crippen molar-refractivity contribution in [2.45, 2.75) is 57.7 Å². The topological polar surface area (TPSA) is 61.9 Å². The van der Waals surface area contributed by atoms with E-state index in [1.54, 1.807) is 7.05 Å². The third-order valence-electron chi connectivity index (χ3n) is 5.77. The first-order valence-corrected chi connectivity index (χ1v) is 10.4. The molecular weight excluding hydrogens is 354 g/mol. The number of rotatable bonds is 6. The first kappa shape index (κ1) is 20.6. The van der Waals surface area contributed by atoms with Crippen LogP contribution in [0.2, 0.25) is 0 Å². The van der Waals surface area contributed by atoms with Crippen molar-refractivity contribution >= 4 is 11.8 Å². The van der Waals surface area contributed by atoms with Crippen molar-refractivity contribution < 1.29 is 14.3 Å². The third kappa shape index (κ3) is 5.04. The van der Waals surface area contributed by atoms with E-state index in [2.05, 4.69) is 24.1 Å². The summed E-state index contributed by atoms with van der Waals surface area (Å²) in [7, 11) is 1.69. The molecule has 2 fully saturated rings. The Morgan fingerprint density at radius 3 is 2.46 bits per heavy atom. The average molecular weight is 388 g/mol. The van der Waals surface area contributed by atoms with Crippen LogP contribution in [-0.2, 0) is 9.59 Å². The van der Waals surface area contributed by atoms with Gasteiger partial charge in [0.05, 0.1) is 6.04 Å². The second kappa shape index (κ2) is 9.41. The molecule has 2 amide bonds. The molecule has 6 heteroatoms.